The van der Waals surface area contributed by atoms with Crippen LogP contribution < -0.4 is 0 Å². The molecule has 0 radical (unpaired) electrons. The van der Waals surface area contributed by atoms with Crippen LogP contribution in [0.15, 0.2) is 24.3 Å². The Morgan fingerprint density at radius 1 is 1.43 bits per heavy atom. The highest BCUT2D eigenvalue weighted by atomic mass is 19.1. The molecule has 1 aliphatic rings. The number of carboxylic acids is 1. The van der Waals surface area contributed by atoms with E-state index in [4.69, 9.17) is 0 Å². The standard InChI is InChI=1S/C18H24FNO3/c1-12(8-9-14-5-3-6-15(19)11-14)17(21)20-10-4-7-16(13(20)2)18(22)23/h3,5-6,11-13,16H,4,7-10H2,1-2H3,(H,22,23)/t12?,13-,16-/m0/s1. The molecule has 0 aromatic heterocycles. The Bertz CT molecular complexity index is 575. The number of halogens is 1. The fraction of sp³-hybridized carbons (Fsp3) is 0.556. The number of rotatable bonds is 5. The van der Waals surface area contributed by atoms with Gasteiger partial charge in [-0.05, 0) is 50.3 Å². The van der Waals surface area contributed by atoms with E-state index >= 15 is 0 Å². The predicted octanol–water partition coefficient (Wildman–Crippen LogP) is 3.11. The molecule has 126 valence electrons. The minimum atomic E-state index is -0.831. The van der Waals surface area contributed by atoms with E-state index in [1.807, 2.05) is 19.9 Å². The average molecular weight is 321 g/mol. The molecule has 1 aliphatic heterocycles. The Balaban J connectivity index is 1.94. The van der Waals surface area contributed by atoms with E-state index in [2.05, 4.69) is 0 Å². The van der Waals surface area contributed by atoms with Crippen molar-refractivity contribution in [3.8, 4) is 0 Å². The van der Waals surface area contributed by atoms with E-state index in [-0.39, 0.29) is 23.7 Å². The number of amides is 1. The minimum absolute atomic E-state index is 0.000136. The van der Waals surface area contributed by atoms with Crippen LogP contribution in [-0.2, 0) is 16.0 Å². The molecular formula is C18H24FNO3. The van der Waals surface area contributed by atoms with E-state index in [0.29, 0.717) is 25.8 Å². The number of carbonyl (C=O) groups is 2. The third-order valence-electron chi connectivity index (χ3n) is 4.76. The van der Waals surface area contributed by atoms with Crippen molar-refractivity contribution in [2.24, 2.45) is 11.8 Å². The van der Waals surface area contributed by atoms with E-state index in [1.54, 1.807) is 11.0 Å². The van der Waals surface area contributed by atoms with Gasteiger partial charge in [-0.1, -0.05) is 19.1 Å². The van der Waals surface area contributed by atoms with Crippen LogP contribution in [0.3, 0.4) is 0 Å². The Morgan fingerprint density at radius 3 is 2.83 bits per heavy atom. The molecule has 1 unspecified atom stereocenters. The molecule has 0 aliphatic carbocycles. The number of benzene rings is 1. The zero-order chi connectivity index (χ0) is 17.0. The molecule has 0 spiro atoms. The summed E-state index contributed by atoms with van der Waals surface area (Å²) in [5.41, 5.74) is 0.875. The number of hydrogen-bond acceptors (Lipinski definition) is 2. The zero-order valence-corrected chi connectivity index (χ0v) is 13.7. The summed E-state index contributed by atoms with van der Waals surface area (Å²) >= 11 is 0. The van der Waals surface area contributed by atoms with E-state index < -0.39 is 11.9 Å². The number of aryl methyl sites for hydroxylation is 1. The molecule has 1 fully saturated rings. The second-order valence-corrected chi connectivity index (χ2v) is 6.43. The molecule has 1 aromatic rings. The zero-order valence-electron chi connectivity index (χ0n) is 13.7. The lowest BCUT2D eigenvalue weighted by atomic mass is 9.88. The van der Waals surface area contributed by atoms with Gasteiger partial charge >= 0.3 is 5.97 Å². The van der Waals surface area contributed by atoms with Gasteiger partial charge < -0.3 is 10.0 Å². The maximum absolute atomic E-state index is 13.2. The normalized spacial score (nSPS) is 22.7. The minimum Gasteiger partial charge on any atom is -0.481 e. The first-order valence-corrected chi connectivity index (χ1v) is 8.18. The van der Waals surface area contributed by atoms with Gasteiger partial charge in [0, 0.05) is 18.5 Å². The number of piperidine rings is 1. The van der Waals surface area contributed by atoms with Crippen LogP contribution in [0.4, 0.5) is 4.39 Å². The highest BCUT2D eigenvalue weighted by molar-refractivity contribution is 5.80. The van der Waals surface area contributed by atoms with Gasteiger partial charge in [0.15, 0.2) is 0 Å². The van der Waals surface area contributed by atoms with Crippen molar-refractivity contribution >= 4 is 11.9 Å². The highest BCUT2D eigenvalue weighted by Gasteiger charge is 2.36. The number of nitrogens with zero attached hydrogens (tertiary/aromatic N) is 1. The largest absolute Gasteiger partial charge is 0.481 e. The number of hydrogen-bond donors (Lipinski definition) is 1. The molecule has 1 amide bonds. The number of carboxylic acid groups (broad SMARTS) is 1. The number of aliphatic carboxylic acids is 1. The molecule has 0 saturated carbocycles. The molecule has 4 nitrogen and oxygen atoms in total. The van der Waals surface area contributed by atoms with E-state index in [9.17, 15) is 19.1 Å². The van der Waals surface area contributed by atoms with E-state index in [0.717, 1.165) is 12.0 Å². The lowest BCUT2D eigenvalue weighted by molar-refractivity contribution is -0.150. The van der Waals surface area contributed by atoms with Crippen LogP contribution >= 0.6 is 0 Å². The van der Waals surface area contributed by atoms with Gasteiger partial charge in [-0.2, -0.15) is 0 Å². The summed E-state index contributed by atoms with van der Waals surface area (Å²) in [7, 11) is 0. The second-order valence-electron chi connectivity index (χ2n) is 6.43. The summed E-state index contributed by atoms with van der Waals surface area (Å²) < 4.78 is 13.2. The van der Waals surface area contributed by atoms with Gasteiger partial charge in [-0.15, -0.1) is 0 Å². The number of likely N-dealkylation sites (tertiary alicyclic amines) is 1. The predicted molar refractivity (Wildman–Crippen MR) is 85.4 cm³/mol. The molecule has 1 saturated heterocycles. The molecule has 5 heteroatoms. The van der Waals surface area contributed by atoms with Crippen molar-refractivity contribution in [2.45, 2.75) is 45.6 Å². The first kappa shape index (κ1) is 17.4. The summed E-state index contributed by atoms with van der Waals surface area (Å²) in [5.74, 6) is -1.78. The first-order chi connectivity index (χ1) is 10.9. The summed E-state index contributed by atoms with van der Waals surface area (Å²) in [6.07, 6.45) is 2.61. The summed E-state index contributed by atoms with van der Waals surface area (Å²) in [4.78, 5) is 25.6. The van der Waals surface area contributed by atoms with Crippen molar-refractivity contribution in [1.82, 2.24) is 4.90 Å². The molecule has 1 heterocycles. The maximum atomic E-state index is 13.2. The molecule has 3 atom stereocenters. The molecule has 23 heavy (non-hydrogen) atoms. The quantitative estimate of drug-likeness (QED) is 0.906. The van der Waals surface area contributed by atoms with Crippen molar-refractivity contribution in [3.05, 3.63) is 35.6 Å². The Hall–Kier alpha value is -1.91. The molecule has 2 rings (SSSR count). The van der Waals surface area contributed by atoms with Crippen molar-refractivity contribution in [2.75, 3.05) is 6.54 Å². The van der Waals surface area contributed by atoms with Gasteiger partial charge in [0.25, 0.3) is 0 Å². The van der Waals surface area contributed by atoms with Crippen LogP contribution in [0.2, 0.25) is 0 Å². The van der Waals surface area contributed by atoms with Crippen LogP contribution in [0.1, 0.15) is 38.7 Å². The summed E-state index contributed by atoms with van der Waals surface area (Å²) in [6, 6.07) is 6.14. The second kappa shape index (κ2) is 7.57. The van der Waals surface area contributed by atoms with Crippen LogP contribution in [0.25, 0.3) is 0 Å². The smallest absolute Gasteiger partial charge is 0.308 e. The summed E-state index contributed by atoms with van der Waals surface area (Å²) in [6.45, 7) is 4.29. The fourth-order valence-corrected chi connectivity index (χ4v) is 3.27. The average Bonchev–Trinajstić information content (AvgIpc) is 2.52. The molecule has 1 aromatic carbocycles. The third-order valence-corrected chi connectivity index (χ3v) is 4.76. The highest BCUT2D eigenvalue weighted by Crippen LogP contribution is 2.26. The summed E-state index contributed by atoms with van der Waals surface area (Å²) in [5, 5.41) is 9.25. The molecule has 1 N–H and O–H groups in total. The lowest BCUT2D eigenvalue weighted by Gasteiger charge is -2.39. The SMILES string of the molecule is CC(CCc1cccc(F)c1)C(=O)N1CCC[C@H](C(=O)O)[C@@H]1C. The maximum Gasteiger partial charge on any atom is 0.308 e. The lowest BCUT2D eigenvalue weighted by Crippen LogP contribution is -2.50. The van der Waals surface area contributed by atoms with Gasteiger partial charge in [-0.25, -0.2) is 4.39 Å². The number of carbonyl (C=O) groups excluding carboxylic acids is 1. The Kier molecular flexibility index (Phi) is 5.74. The van der Waals surface area contributed by atoms with Gasteiger partial charge in [-0.3, -0.25) is 9.59 Å². The topological polar surface area (TPSA) is 57.6 Å². The van der Waals surface area contributed by atoms with Gasteiger partial charge in [0.1, 0.15) is 5.82 Å². The monoisotopic (exact) mass is 321 g/mol. The fourth-order valence-electron chi connectivity index (χ4n) is 3.27. The first-order valence-electron chi connectivity index (χ1n) is 8.18. The van der Waals surface area contributed by atoms with Crippen LogP contribution in [-0.4, -0.2) is 34.5 Å². The van der Waals surface area contributed by atoms with Crippen molar-refractivity contribution in [1.29, 1.82) is 0 Å². The van der Waals surface area contributed by atoms with Crippen molar-refractivity contribution in [3.63, 3.8) is 0 Å². The van der Waals surface area contributed by atoms with Gasteiger partial charge in [0.05, 0.1) is 5.92 Å². The Morgan fingerprint density at radius 2 is 2.17 bits per heavy atom. The molecule has 0 bridgehead atoms. The van der Waals surface area contributed by atoms with Gasteiger partial charge in [0.2, 0.25) is 5.91 Å². The third kappa shape index (κ3) is 4.30. The van der Waals surface area contributed by atoms with Crippen molar-refractivity contribution < 1.29 is 19.1 Å². The van der Waals surface area contributed by atoms with Crippen LogP contribution in [0, 0.1) is 17.7 Å². The Labute approximate surface area is 136 Å². The van der Waals surface area contributed by atoms with E-state index in [1.165, 1.54) is 12.1 Å². The van der Waals surface area contributed by atoms with Crippen LogP contribution in [0.5, 0.6) is 0 Å². The molecular weight excluding hydrogens is 297 g/mol.